The number of benzene rings is 3. The molecule has 0 saturated heterocycles. The minimum absolute atomic E-state index is 0.0950. The molecule has 1 atom stereocenters. The fraction of sp³-hybridized carbons (Fsp3) is 0.355. The van der Waals surface area contributed by atoms with Gasteiger partial charge in [0.05, 0.1) is 10.6 Å². The molecule has 7 nitrogen and oxygen atoms in total. The molecule has 3 aromatic rings. The lowest BCUT2D eigenvalue weighted by molar-refractivity contribution is -0.140. The van der Waals surface area contributed by atoms with Crippen LogP contribution in [0.4, 0.5) is 5.69 Å². The predicted octanol–water partition coefficient (Wildman–Crippen LogP) is 5.18. The number of hydrogen-bond donors (Lipinski definition) is 1. The Labute approximate surface area is 232 Å². The van der Waals surface area contributed by atoms with Crippen molar-refractivity contribution in [2.75, 3.05) is 17.9 Å². The summed E-state index contributed by atoms with van der Waals surface area (Å²) in [6.07, 6.45) is 0.380. The summed E-state index contributed by atoms with van der Waals surface area (Å²) in [5, 5.41) is 2.65. The molecule has 0 saturated carbocycles. The van der Waals surface area contributed by atoms with Crippen LogP contribution in [0.15, 0.2) is 77.7 Å². The first kappa shape index (κ1) is 29.9. The topological polar surface area (TPSA) is 86.8 Å². The van der Waals surface area contributed by atoms with Crippen LogP contribution in [0.5, 0.6) is 0 Å². The first-order valence-electron chi connectivity index (χ1n) is 13.2. The normalized spacial score (nSPS) is 12.2. The van der Waals surface area contributed by atoms with E-state index in [0.29, 0.717) is 12.1 Å². The van der Waals surface area contributed by atoms with Gasteiger partial charge in [0.25, 0.3) is 10.0 Å². The van der Waals surface area contributed by atoms with Crippen molar-refractivity contribution in [2.45, 2.75) is 64.4 Å². The van der Waals surface area contributed by atoms with Gasteiger partial charge in [0.15, 0.2) is 0 Å². The van der Waals surface area contributed by atoms with Crippen LogP contribution in [0.2, 0.25) is 0 Å². The zero-order valence-corrected chi connectivity index (χ0v) is 24.5. The molecule has 2 amide bonds. The van der Waals surface area contributed by atoms with Crippen LogP contribution in [-0.2, 0) is 26.2 Å². The zero-order valence-electron chi connectivity index (χ0n) is 23.6. The number of amides is 2. The summed E-state index contributed by atoms with van der Waals surface area (Å²) in [7, 11) is -2.55. The first-order chi connectivity index (χ1) is 18.5. The van der Waals surface area contributed by atoms with Crippen LogP contribution in [-0.4, -0.2) is 44.8 Å². The van der Waals surface area contributed by atoms with Gasteiger partial charge in [0.2, 0.25) is 11.8 Å². The number of likely N-dealkylation sites (N-methyl/N-ethyl adjacent to an activating group) is 1. The molecule has 0 aliphatic carbocycles. The molecule has 0 heterocycles. The van der Waals surface area contributed by atoms with E-state index in [0.717, 1.165) is 26.6 Å². The van der Waals surface area contributed by atoms with Gasteiger partial charge in [0.1, 0.15) is 12.6 Å². The van der Waals surface area contributed by atoms with Gasteiger partial charge in [-0.2, -0.15) is 0 Å². The summed E-state index contributed by atoms with van der Waals surface area (Å²) in [4.78, 5) is 28.4. The summed E-state index contributed by atoms with van der Waals surface area (Å²) in [6, 6.07) is 20.7. The smallest absolute Gasteiger partial charge is 0.264 e. The molecule has 3 aromatic carbocycles. The van der Waals surface area contributed by atoms with Gasteiger partial charge in [0, 0.05) is 13.6 Å². The maximum absolute atomic E-state index is 14.0. The fourth-order valence-electron chi connectivity index (χ4n) is 4.45. The Balaban J connectivity index is 2.08. The number of sulfonamides is 1. The number of nitrogens with zero attached hydrogens (tertiary/aromatic N) is 2. The van der Waals surface area contributed by atoms with Gasteiger partial charge in [-0.05, 0) is 67.1 Å². The molecule has 0 spiro atoms. The van der Waals surface area contributed by atoms with Crippen molar-refractivity contribution < 1.29 is 18.0 Å². The molecule has 208 valence electrons. The number of hydrogen-bond acceptors (Lipinski definition) is 4. The van der Waals surface area contributed by atoms with Crippen LogP contribution in [0, 0.1) is 13.8 Å². The van der Waals surface area contributed by atoms with Gasteiger partial charge in [-0.3, -0.25) is 13.9 Å². The minimum Gasteiger partial charge on any atom is -0.357 e. The quantitative estimate of drug-likeness (QED) is 0.357. The highest BCUT2D eigenvalue weighted by Crippen LogP contribution is 2.27. The third-order valence-corrected chi connectivity index (χ3v) is 8.76. The van der Waals surface area contributed by atoms with E-state index in [9.17, 15) is 18.0 Å². The lowest BCUT2D eigenvalue weighted by atomic mass is 10.0. The Morgan fingerprint density at radius 1 is 0.897 bits per heavy atom. The summed E-state index contributed by atoms with van der Waals surface area (Å²) >= 11 is 0. The zero-order chi connectivity index (χ0) is 28.7. The lowest BCUT2D eigenvalue weighted by Gasteiger charge is -2.33. The molecule has 0 aromatic heterocycles. The maximum Gasteiger partial charge on any atom is 0.264 e. The van der Waals surface area contributed by atoms with Crippen LogP contribution in [0.3, 0.4) is 0 Å². The van der Waals surface area contributed by atoms with E-state index < -0.39 is 28.5 Å². The summed E-state index contributed by atoms with van der Waals surface area (Å²) in [6.45, 7) is 9.53. The molecule has 0 fully saturated rings. The van der Waals surface area contributed by atoms with Crippen molar-refractivity contribution in [3.63, 3.8) is 0 Å². The van der Waals surface area contributed by atoms with Crippen molar-refractivity contribution >= 4 is 27.5 Å². The van der Waals surface area contributed by atoms with E-state index in [1.54, 1.807) is 36.4 Å². The molecule has 0 radical (unpaired) electrons. The fourth-order valence-corrected chi connectivity index (χ4v) is 5.86. The number of carbonyl (C=O) groups is 2. The Morgan fingerprint density at radius 2 is 1.51 bits per heavy atom. The Kier molecular flexibility index (Phi) is 9.92. The molecule has 1 unspecified atom stereocenters. The third kappa shape index (κ3) is 7.06. The van der Waals surface area contributed by atoms with Gasteiger partial charge < -0.3 is 10.2 Å². The number of carbonyl (C=O) groups excluding carboxylic acids is 2. The largest absolute Gasteiger partial charge is 0.357 e. The number of nitrogens with one attached hydrogen (secondary N) is 1. The van der Waals surface area contributed by atoms with E-state index in [1.165, 1.54) is 11.9 Å². The van der Waals surface area contributed by atoms with Crippen molar-refractivity contribution in [3.8, 4) is 0 Å². The SMILES string of the molecule is CCC(C(=O)NC)N(Cc1ccccc1C)C(=O)CN(c1ccc(C(C)C)cc1)S(=O)(=O)c1ccc(C)cc1. The molecule has 3 rings (SSSR count). The molecule has 1 N–H and O–H groups in total. The Bertz CT molecular complexity index is 1380. The summed E-state index contributed by atoms with van der Waals surface area (Å²) in [5.74, 6) is -0.490. The molecular formula is C31H39N3O4S. The minimum atomic E-state index is -4.09. The molecule has 8 heteroatoms. The number of rotatable bonds is 11. The van der Waals surface area contributed by atoms with Crippen molar-refractivity contribution in [1.82, 2.24) is 10.2 Å². The lowest BCUT2D eigenvalue weighted by Crippen LogP contribution is -2.51. The van der Waals surface area contributed by atoms with E-state index in [1.807, 2.05) is 57.2 Å². The van der Waals surface area contributed by atoms with Crippen LogP contribution in [0.25, 0.3) is 0 Å². The molecular weight excluding hydrogens is 510 g/mol. The van der Waals surface area contributed by atoms with Crippen molar-refractivity contribution in [3.05, 3.63) is 95.1 Å². The highest BCUT2D eigenvalue weighted by atomic mass is 32.2. The highest BCUT2D eigenvalue weighted by Gasteiger charge is 2.33. The highest BCUT2D eigenvalue weighted by molar-refractivity contribution is 7.92. The average molecular weight is 550 g/mol. The van der Waals surface area contributed by atoms with E-state index in [2.05, 4.69) is 19.2 Å². The van der Waals surface area contributed by atoms with E-state index >= 15 is 0 Å². The van der Waals surface area contributed by atoms with Gasteiger partial charge in [-0.1, -0.05) is 74.9 Å². The third-order valence-electron chi connectivity index (χ3n) is 6.97. The van der Waals surface area contributed by atoms with Gasteiger partial charge >= 0.3 is 0 Å². The molecule has 39 heavy (non-hydrogen) atoms. The maximum atomic E-state index is 14.0. The van der Waals surface area contributed by atoms with E-state index in [4.69, 9.17) is 0 Å². The standard InChI is InChI=1S/C31H39N3O4S/c1-7-29(31(36)32-6)33(20-26-11-9-8-10-24(26)5)30(35)21-34(27-16-14-25(15-17-27)22(2)3)39(37,38)28-18-12-23(4)13-19-28/h8-19,22,29H,7,20-21H2,1-6H3,(H,32,36). The second-order valence-electron chi connectivity index (χ2n) is 10.1. The summed E-state index contributed by atoms with van der Waals surface area (Å²) in [5.41, 5.74) is 4.25. The van der Waals surface area contributed by atoms with Crippen LogP contribution >= 0.6 is 0 Å². The second-order valence-corrected chi connectivity index (χ2v) is 11.9. The van der Waals surface area contributed by atoms with Gasteiger partial charge in [-0.15, -0.1) is 0 Å². The molecule has 0 bridgehead atoms. The van der Waals surface area contributed by atoms with Crippen molar-refractivity contribution in [2.24, 2.45) is 0 Å². The van der Waals surface area contributed by atoms with E-state index in [-0.39, 0.29) is 23.3 Å². The van der Waals surface area contributed by atoms with Crippen LogP contribution < -0.4 is 9.62 Å². The van der Waals surface area contributed by atoms with Gasteiger partial charge in [-0.25, -0.2) is 8.42 Å². The molecule has 0 aliphatic heterocycles. The summed E-state index contributed by atoms with van der Waals surface area (Å²) < 4.78 is 29.0. The first-order valence-corrected chi connectivity index (χ1v) is 14.7. The Hall–Kier alpha value is -3.65. The number of anilines is 1. The predicted molar refractivity (Wildman–Crippen MR) is 156 cm³/mol. The molecule has 0 aliphatic rings. The monoisotopic (exact) mass is 549 g/mol. The average Bonchev–Trinajstić information content (AvgIpc) is 2.92. The Morgan fingerprint density at radius 3 is 2.05 bits per heavy atom. The van der Waals surface area contributed by atoms with Crippen molar-refractivity contribution in [1.29, 1.82) is 0 Å². The number of aryl methyl sites for hydroxylation is 2. The second kappa shape index (κ2) is 12.9. The van der Waals surface area contributed by atoms with Crippen LogP contribution in [0.1, 0.15) is 55.4 Å².